The van der Waals surface area contributed by atoms with Crippen molar-refractivity contribution in [1.82, 2.24) is 0 Å². The van der Waals surface area contributed by atoms with Gasteiger partial charge >= 0.3 is 0 Å². The fraction of sp³-hybridized carbons (Fsp3) is 0.111. The van der Waals surface area contributed by atoms with Crippen LogP contribution >= 0.6 is 11.6 Å². The van der Waals surface area contributed by atoms with Crippen molar-refractivity contribution in [1.29, 1.82) is 0 Å². The quantitative estimate of drug-likeness (QED) is 0.785. The van der Waals surface area contributed by atoms with Crippen molar-refractivity contribution in [3.63, 3.8) is 0 Å². The number of amides is 2. The molecule has 0 aliphatic carbocycles. The van der Waals surface area contributed by atoms with E-state index in [-0.39, 0.29) is 23.8 Å². The van der Waals surface area contributed by atoms with Gasteiger partial charge in [-0.2, -0.15) is 0 Å². The Morgan fingerprint density at radius 2 is 1.92 bits per heavy atom. The van der Waals surface area contributed by atoms with E-state index in [9.17, 15) is 9.59 Å². The molecule has 0 heterocycles. The Morgan fingerprint density at radius 3 is 2.54 bits per heavy atom. The molecule has 2 rings (SSSR count). The van der Waals surface area contributed by atoms with Gasteiger partial charge in [-0.3, -0.25) is 9.59 Å². The average molecular weight is 345 g/mol. The minimum absolute atomic E-state index is 0.130. The summed E-state index contributed by atoms with van der Waals surface area (Å²) in [6.07, 6.45) is 1.63. The van der Waals surface area contributed by atoms with Crippen molar-refractivity contribution < 1.29 is 14.3 Å². The van der Waals surface area contributed by atoms with E-state index < -0.39 is 5.91 Å². The molecule has 0 bridgehead atoms. The summed E-state index contributed by atoms with van der Waals surface area (Å²) in [7, 11) is 0. The number of hydrogen-bond donors (Lipinski definition) is 1. The number of para-hydroxylation sites is 1. The van der Waals surface area contributed by atoms with Crippen LogP contribution in [0, 0.1) is 0 Å². The molecule has 2 N–H and O–H groups in total. The largest absolute Gasteiger partial charge is 0.483 e. The normalized spacial score (nSPS) is 10.0. The number of anilines is 1. The lowest BCUT2D eigenvalue weighted by molar-refractivity contribution is -0.120. The van der Waals surface area contributed by atoms with Crippen LogP contribution in [0.25, 0.3) is 0 Å². The number of nitrogens with two attached hydrogens (primary N) is 1. The number of primary amides is 1. The molecule has 2 amide bonds. The number of carbonyl (C=O) groups excluding carboxylic acids is 2. The lowest BCUT2D eigenvalue weighted by Crippen LogP contribution is -2.35. The number of halogens is 1. The summed E-state index contributed by atoms with van der Waals surface area (Å²) in [6.45, 7) is 3.76. The molecule has 0 radical (unpaired) electrons. The first-order valence-electron chi connectivity index (χ1n) is 7.21. The smallest absolute Gasteiger partial charge is 0.265 e. The van der Waals surface area contributed by atoms with E-state index in [1.54, 1.807) is 12.1 Å². The fourth-order valence-corrected chi connectivity index (χ4v) is 2.30. The summed E-state index contributed by atoms with van der Waals surface area (Å²) in [6, 6.07) is 13.7. The van der Waals surface area contributed by atoms with E-state index in [1.165, 1.54) is 17.0 Å². The molecule has 0 atom stereocenters. The highest BCUT2D eigenvalue weighted by atomic mass is 35.5. The van der Waals surface area contributed by atoms with Crippen LogP contribution in [0.1, 0.15) is 10.4 Å². The molecule has 0 saturated heterocycles. The predicted octanol–water partition coefficient (Wildman–Crippen LogP) is 3.04. The van der Waals surface area contributed by atoms with Crippen LogP contribution < -0.4 is 15.4 Å². The number of carbonyl (C=O) groups is 2. The van der Waals surface area contributed by atoms with Gasteiger partial charge < -0.3 is 15.4 Å². The molecule has 6 heteroatoms. The highest BCUT2D eigenvalue weighted by molar-refractivity contribution is 6.31. The lowest BCUT2D eigenvalue weighted by atomic mass is 10.2. The predicted molar refractivity (Wildman–Crippen MR) is 94.5 cm³/mol. The molecule has 0 aliphatic heterocycles. The maximum Gasteiger partial charge on any atom is 0.265 e. The Hall–Kier alpha value is -2.79. The first-order valence-corrected chi connectivity index (χ1v) is 7.59. The van der Waals surface area contributed by atoms with Gasteiger partial charge in [0.1, 0.15) is 5.75 Å². The van der Waals surface area contributed by atoms with Crippen LogP contribution in [-0.4, -0.2) is 25.0 Å². The topological polar surface area (TPSA) is 72.6 Å². The summed E-state index contributed by atoms with van der Waals surface area (Å²) in [4.78, 5) is 25.5. The Balaban J connectivity index is 2.14. The van der Waals surface area contributed by atoms with E-state index >= 15 is 0 Å². The molecule has 0 fully saturated rings. The van der Waals surface area contributed by atoms with Gasteiger partial charge in [0.05, 0.1) is 5.56 Å². The van der Waals surface area contributed by atoms with Crippen molar-refractivity contribution in [2.24, 2.45) is 5.73 Å². The van der Waals surface area contributed by atoms with Gasteiger partial charge in [-0.1, -0.05) is 35.9 Å². The van der Waals surface area contributed by atoms with Crippen molar-refractivity contribution >= 4 is 29.1 Å². The van der Waals surface area contributed by atoms with E-state index in [0.717, 1.165) is 5.69 Å². The Kier molecular flexibility index (Phi) is 5.98. The van der Waals surface area contributed by atoms with Gasteiger partial charge in [0.2, 0.25) is 0 Å². The molecular weight excluding hydrogens is 328 g/mol. The van der Waals surface area contributed by atoms with Crippen LogP contribution in [0.3, 0.4) is 0 Å². The molecule has 24 heavy (non-hydrogen) atoms. The van der Waals surface area contributed by atoms with Crippen molar-refractivity contribution in [2.45, 2.75) is 0 Å². The fourth-order valence-electron chi connectivity index (χ4n) is 2.13. The Morgan fingerprint density at radius 1 is 1.21 bits per heavy atom. The SMILES string of the molecule is C=CCN(C(=O)COc1ccc(Cl)cc1C(N)=O)c1ccccc1. The zero-order valence-electron chi connectivity index (χ0n) is 12.9. The summed E-state index contributed by atoms with van der Waals surface area (Å²) in [5, 5.41) is 0.361. The Labute approximate surface area is 145 Å². The number of hydrogen-bond acceptors (Lipinski definition) is 3. The molecule has 2 aromatic carbocycles. The van der Waals surface area contributed by atoms with Crippen molar-refractivity contribution in [2.75, 3.05) is 18.1 Å². The van der Waals surface area contributed by atoms with Gasteiger partial charge in [-0.25, -0.2) is 0 Å². The zero-order valence-corrected chi connectivity index (χ0v) is 13.7. The Bertz CT molecular complexity index is 747. The van der Waals surface area contributed by atoms with Gasteiger partial charge in [0.25, 0.3) is 11.8 Å². The molecule has 0 spiro atoms. The molecule has 0 unspecified atom stereocenters. The summed E-state index contributed by atoms with van der Waals surface area (Å²) in [5.41, 5.74) is 6.17. The zero-order chi connectivity index (χ0) is 17.5. The lowest BCUT2D eigenvalue weighted by Gasteiger charge is -2.21. The minimum atomic E-state index is -0.675. The second-order valence-corrected chi connectivity index (χ2v) is 5.36. The third-order valence-electron chi connectivity index (χ3n) is 3.24. The molecule has 5 nitrogen and oxygen atoms in total. The molecular formula is C18H17ClN2O3. The highest BCUT2D eigenvalue weighted by Crippen LogP contribution is 2.23. The third-order valence-corrected chi connectivity index (χ3v) is 3.47. The third kappa shape index (κ3) is 4.36. The van der Waals surface area contributed by atoms with Crippen LogP contribution in [0.2, 0.25) is 5.02 Å². The second-order valence-electron chi connectivity index (χ2n) is 4.92. The first kappa shape index (κ1) is 17.6. The summed E-state index contributed by atoms with van der Waals surface area (Å²) in [5.74, 6) is -0.732. The van der Waals surface area contributed by atoms with E-state index in [2.05, 4.69) is 6.58 Å². The number of benzene rings is 2. The van der Waals surface area contributed by atoms with Gasteiger partial charge in [-0.05, 0) is 30.3 Å². The molecule has 0 aromatic heterocycles. The van der Waals surface area contributed by atoms with Gasteiger partial charge in [0, 0.05) is 17.3 Å². The van der Waals surface area contributed by atoms with Crippen molar-refractivity contribution in [3.8, 4) is 5.75 Å². The van der Waals surface area contributed by atoms with Crippen LogP contribution in [0.4, 0.5) is 5.69 Å². The standard InChI is InChI=1S/C18H17ClN2O3/c1-2-10-21(14-6-4-3-5-7-14)17(22)12-24-16-9-8-13(19)11-15(16)18(20)23/h2-9,11H,1,10,12H2,(H2,20,23). The van der Waals surface area contributed by atoms with Crippen molar-refractivity contribution in [3.05, 3.63) is 71.8 Å². The molecule has 124 valence electrons. The van der Waals surface area contributed by atoms with Gasteiger partial charge in [0.15, 0.2) is 6.61 Å². The minimum Gasteiger partial charge on any atom is -0.483 e. The van der Waals surface area contributed by atoms with E-state index in [0.29, 0.717) is 11.6 Å². The van der Waals surface area contributed by atoms with E-state index in [4.69, 9.17) is 22.1 Å². The van der Waals surface area contributed by atoms with Crippen LogP contribution in [0.15, 0.2) is 61.2 Å². The van der Waals surface area contributed by atoms with E-state index in [1.807, 2.05) is 30.3 Å². The maximum absolute atomic E-state index is 12.5. The highest BCUT2D eigenvalue weighted by Gasteiger charge is 2.17. The number of nitrogens with zero attached hydrogens (tertiary/aromatic N) is 1. The van der Waals surface area contributed by atoms with Crippen LogP contribution in [0.5, 0.6) is 5.75 Å². The second kappa shape index (κ2) is 8.17. The maximum atomic E-state index is 12.5. The average Bonchev–Trinajstić information content (AvgIpc) is 2.59. The summed E-state index contributed by atoms with van der Waals surface area (Å²) >= 11 is 5.85. The van der Waals surface area contributed by atoms with Crippen LogP contribution in [-0.2, 0) is 4.79 Å². The number of ether oxygens (including phenoxy) is 1. The summed E-state index contributed by atoms with van der Waals surface area (Å²) < 4.78 is 5.48. The number of rotatable bonds is 7. The molecule has 0 saturated carbocycles. The monoisotopic (exact) mass is 344 g/mol. The van der Waals surface area contributed by atoms with Gasteiger partial charge in [-0.15, -0.1) is 6.58 Å². The molecule has 2 aromatic rings. The first-order chi connectivity index (χ1) is 11.5. The molecule has 0 aliphatic rings.